The van der Waals surface area contributed by atoms with E-state index in [-0.39, 0.29) is 24.1 Å². The van der Waals surface area contributed by atoms with Crippen molar-refractivity contribution in [2.45, 2.75) is 25.3 Å². The fraction of sp³-hybridized carbons (Fsp3) is 0.438. The van der Waals surface area contributed by atoms with Crippen LogP contribution in [0.5, 0.6) is 0 Å². The quantitative estimate of drug-likeness (QED) is 0.842. The smallest absolute Gasteiger partial charge is 0.254 e. The predicted octanol–water partition coefficient (Wildman–Crippen LogP) is 2.19. The van der Waals surface area contributed by atoms with Crippen LogP contribution >= 0.6 is 11.8 Å². The molecule has 0 atom stereocenters. The molecule has 1 aliphatic rings. The highest BCUT2D eigenvalue weighted by Gasteiger charge is 2.18. The first-order chi connectivity index (χ1) is 10.2. The van der Waals surface area contributed by atoms with Crippen molar-refractivity contribution in [3.63, 3.8) is 0 Å². The van der Waals surface area contributed by atoms with Gasteiger partial charge in [0, 0.05) is 18.0 Å². The van der Waals surface area contributed by atoms with E-state index in [2.05, 4.69) is 17.2 Å². The Kier molecular flexibility index (Phi) is 6.09. The van der Waals surface area contributed by atoms with Gasteiger partial charge in [0.15, 0.2) is 0 Å². The fourth-order valence-corrected chi connectivity index (χ4v) is 3.21. The molecule has 0 aromatic heterocycles. The van der Waals surface area contributed by atoms with E-state index in [4.69, 9.17) is 5.11 Å². The predicted molar refractivity (Wildman–Crippen MR) is 82.8 cm³/mol. The van der Waals surface area contributed by atoms with Crippen LogP contribution in [0.4, 0.5) is 4.39 Å². The summed E-state index contributed by atoms with van der Waals surface area (Å²) in [5, 5.41) is 11.5. The summed E-state index contributed by atoms with van der Waals surface area (Å²) in [5.41, 5.74) is 0.563. The lowest BCUT2D eigenvalue weighted by Gasteiger charge is -2.22. The summed E-state index contributed by atoms with van der Waals surface area (Å²) < 4.78 is 14.0. The second-order valence-electron chi connectivity index (χ2n) is 4.83. The molecule has 0 aliphatic carbocycles. The number of aliphatic hydroxyl groups is 1. The van der Waals surface area contributed by atoms with E-state index in [0.717, 1.165) is 24.3 Å². The molecular formula is C16H18FNO2S. The molecular weight excluding hydrogens is 289 g/mol. The van der Waals surface area contributed by atoms with Crippen molar-refractivity contribution in [2.24, 2.45) is 0 Å². The molecule has 5 heteroatoms. The Balaban J connectivity index is 2.02. The van der Waals surface area contributed by atoms with Crippen LogP contribution in [0.2, 0.25) is 0 Å². The first kappa shape index (κ1) is 15.9. The Bertz CT molecular complexity index is 559. The van der Waals surface area contributed by atoms with Gasteiger partial charge in [-0.15, -0.1) is 0 Å². The van der Waals surface area contributed by atoms with Gasteiger partial charge < -0.3 is 10.4 Å². The average Bonchev–Trinajstić information content (AvgIpc) is 2.48. The Morgan fingerprint density at radius 2 is 2.19 bits per heavy atom. The number of benzene rings is 1. The highest BCUT2D eigenvalue weighted by atomic mass is 32.2. The number of halogens is 1. The Morgan fingerprint density at radius 1 is 1.43 bits per heavy atom. The number of carbonyl (C=O) groups excluding carboxylic acids is 1. The van der Waals surface area contributed by atoms with Crippen molar-refractivity contribution in [1.29, 1.82) is 0 Å². The summed E-state index contributed by atoms with van der Waals surface area (Å²) >= 11 is 1.88. The summed E-state index contributed by atoms with van der Waals surface area (Å²) in [5.74, 6) is 6.62. The number of thioether (sulfide) groups is 1. The van der Waals surface area contributed by atoms with Gasteiger partial charge >= 0.3 is 0 Å². The second-order valence-corrected chi connectivity index (χ2v) is 6.05. The van der Waals surface area contributed by atoms with E-state index in [1.807, 2.05) is 11.8 Å². The van der Waals surface area contributed by atoms with Gasteiger partial charge in [0.05, 0.1) is 12.2 Å². The largest absolute Gasteiger partial charge is 0.395 e. The summed E-state index contributed by atoms with van der Waals surface area (Å²) in [4.78, 5) is 12.1. The van der Waals surface area contributed by atoms with E-state index >= 15 is 0 Å². The first-order valence-electron chi connectivity index (χ1n) is 6.98. The van der Waals surface area contributed by atoms with Crippen molar-refractivity contribution in [3.05, 3.63) is 35.1 Å². The number of carbonyl (C=O) groups is 1. The van der Waals surface area contributed by atoms with Crippen LogP contribution in [-0.2, 0) is 0 Å². The molecule has 1 saturated heterocycles. The topological polar surface area (TPSA) is 49.3 Å². The highest BCUT2D eigenvalue weighted by Crippen LogP contribution is 2.18. The lowest BCUT2D eigenvalue weighted by Crippen LogP contribution is -2.37. The molecule has 0 saturated carbocycles. The standard InChI is InChI=1S/C16H18FNO2S/c17-15-11-12(3-1-2-8-19)4-5-14(15)16(20)18-13-6-9-21-10-7-13/h4-5,11,13,19H,2,6-10H2,(H,18,20). The lowest BCUT2D eigenvalue weighted by molar-refractivity contribution is 0.0931. The summed E-state index contributed by atoms with van der Waals surface area (Å²) in [6, 6.07) is 4.49. The number of rotatable bonds is 3. The molecule has 1 fully saturated rings. The van der Waals surface area contributed by atoms with Gasteiger partial charge in [-0.2, -0.15) is 11.8 Å². The Hall–Kier alpha value is -1.51. The normalized spacial score (nSPS) is 15.1. The number of aliphatic hydroxyl groups excluding tert-OH is 1. The molecule has 2 rings (SSSR count). The summed E-state index contributed by atoms with van der Waals surface area (Å²) in [6.07, 6.45) is 2.22. The molecule has 3 nitrogen and oxygen atoms in total. The van der Waals surface area contributed by atoms with Crippen molar-refractivity contribution in [1.82, 2.24) is 5.32 Å². The third-order valence-electron chi connectivity index (χ3n) is 3.24. The number of hydrogen-bond donors (Lipinski definition) is 2. The summed E-state index contributed by atoms with van der Waals surface area (Å²) in [6.45, 7) is -0.0182. The van der Waals surface area contributed by atoms with Crippen molar-refractivity contribution in [3.8, 4) is 11.8 Å². The van der Waals surface area contributed by atoms with Crippen LogP contribution in [-0.4, -0.2) is 35.2 Å². The first-order valence-corrected chi connectivity index (χ1v) is 8.14. The van der Waals surface area contributed by atoms with Crippen LogP contribution in [0.3, 0.4) is 0 Å². The van der Waals surface area contributed by atoms with E-state index in [1.54, 1.807) is 6.07 Å². The maximum atomic E-state index is 14.0. The maximum absolute atomic E-state index is 14.0. The minimum absolute atomic E-state index is 0.0182. The Labute approximate surface area is 128 Å². The van der Waals surface area contributed by atoms with Crippen molar-refractivity contribution < 1.29 is 14.3 Å². The number of amides is 1. The van der Waals surface area contributed by atoms with E-state index in [0.29, 0.717) is 12.0 Å². The Morgan fingerprint density at radius 3 is 2.86 bits per heavy atom. The molecule has 1 amide bonds. The van der Waals surface area contributed by atoms with Gasteiger partial charge in [-0.25, -0.2) is 4.39 Å². The molecule has 0 radical (unpaired) electrons. The molecule has 0 bridgehead atoms. The van der Waals surface area contributed by atoms with Crippen LogP contribution in [0.15, 0.2) is 18.2 Å². The third-order valence-corrected chi connectivity index (χ3v) is 4.29. The second kappa shape index (κ2) is 8.06. The molecule has 1 aliphatic heterocycles. The molecule has 112 valence electrons. The van der Waals surface area contributed by atoms with Gasteiger partial charge in [0.1, 0.15) is 5.82 Å². The van der Waals surface area contributed by atoms with E-state index < -0.39 is 5.82 Å². The number of nitrogens with one attached hydrogen (secondary N) is 1. The van der Waals surface area contributed by atoms with Gasteiger partial charge in [0.25, 0.3) is 5.91 Å². The minimum Gasteiger partial charge on any atom is -0.395 e. The van der Waals surface area contributed by atoms with Gasteiger partial charge in [-0.3, -0.25) is 4.79 Å². The SMILES string of the molecule is O=C(NC1CCSCC1)c1ccc(C#CCCO)cc1F. The molecule has 0 spiro atoms. The number of hydrogen-bond acceptors (Lipinski definition) is 3. The van der Waals surface area contributed by atoms with Gasteiger partial charge in [-0.1, -0.05) is 11.8 Å². The van der Waals surface area contributed by atoms with E-state index in [1.165, 1.54) is 12.1 Å². The third kappa shape index (κ3) is 4.76. The molecule has 1 aromatic carbocycles. The average molecular weight is 307 g/mol. The van der Waals surface area contributed by atoms with E-state index in [9.17, 15) is 9.18 Å². The fourth-order valence-electron chi connectivity index (χ4n) is 2.10. The van der Waals surface area contributed by atoms with Crippen molar-refractivity contribution >= 4 is 17.7 Å². The van der Waals surface area contributed by atoms with Crippen LogP contribution in [0, 0.1) is 17.7 Å². The maximum Gasteiger partial charge on any atom is 0.254 e. The van der Waals surface area contributed by atoms with Crippen molar-refractivity contribution in [2.75, 3.05) is 18.1 Å². The van der Waals surface area contributed by atoms with Gasteiger partial charge in [-0.05, 0) is 42.5 Å². The zero-order valence-electron chi connectivity index (χ0n) is 11.7. The van der Waals surface area contributed by atoms with Gasteiger partial charge in [0.2, 0.25) is 0 Å². The molecule has 2 N–H and O–H groups in total. The minimum atomic E-state index is -0.562. The zero-order chi connectivity index (χ0) is 15.1. The molecule has 1 heterocycles. The summed E-state index contributed by atoms with van der Waals surface area (Å²) in [7, 11) is 0. The highest BCUT2D eigenvalue weighted by molar-refractivity contribution is 7.99. The van der Waals surface area contributed by atoms with Crippen LogP contribution in [0.1, 0.15) is 35.2 Å². The van der Waals surface area contributed by atoms with Crippen LogP contribution < -0.4 is 5.32 Å². The molecule has 0 unspecified atom stereocenters. The zero-order valence-corrected chi connectivity index (χ0v) is 12.5. The van der Waals surface area contributed by atoms with Crippen LogP contribution in [0.25, 0.3) is 0 Å². The lowest BCUT2D eigenvalue weighted by atomic mass is 10.1. The molecule has 21 heavy (non-hydrogen) atoms. The molecule has 1 aromatic rings. The monoisotopic (exact) mass is 307 g/mol.